The molecule has 0 aliphatic heterocycles. The first-order valence-electron chi connectivity index (χ1n) is 3.65. The highest BCUT2D eigenvalue weighted by atomic mass is 79.9. The highest BCUT2D eigenvalue weighted by Crippen LogP contribution is 2.26. The van der Waals surface area contributed by atoms with Crippen molar-refractivity contribution in [3.63, 3.8) is 0 Å². The smallest absolute Gasteiger partial charge is 0.181 e. The molecule has 0 amide bonds. The zero-order chi connectivity index (χ0) is 9.84. The molecule has 0 aliphatic carbocycles. The molecule has 0 bridgehead atoms. The van der Waals surface area contributed by atoms with Crippen LogP contribution in [0.5, 0.6) is 5.75 Å². The van der Waals surface area contributed by atoms with E-state index in [4.69, 9.17) is 10.00 Å². The second-order valence-electron chi connectivity index (χ2n) is 2.46. The summed E-state index contributed by atoms with van der Waals surface area (Å²) >= 11 is 3.19. The second-order valence-corrected chi connectivity index (χ2v) is 3.32. The third-order valence-electron chi connectivity index (χ3n) is 1.38. The fourth-order valence-electron chi connectivity index (χ4n) is 0.784. The Morgan fingerprint density at radius 2 is 2.31 bits per heavy atom. The van der Waals surface area contributed by atoms with E-state index in [0.29, 0.717) is 10.2 Å². The quantitative estimate of drug-likeness (QED) is 0.801. The summed E-state index contributed by atoms with van der Waals surface area (Å²) in [4.78, 5) is 0. The number of nitriles is 1. The molecule has 0 N–H and O–H groups in total. The number of nitrogens with zero attached hydrogens (tertiary/aromatic N) is 1. The first-order valence-corrected chi connectivity index (χ1v) is 4.44. The third-order valence-corrected chi connectivity index (χ3v) is 2.03. The van der Waals surface area contributed by atoms with Gasteiger partial charge in [-0.05, 0) is 35.0 Å². The predicted molar refractivity (Wildman–Crippen MR) is 49.8 cm³/mol. The number of rotatable bonds is 2. The van der Waals surface area contributed by atoms with Crippen LogP contribution in [-0.2, 0) is 0 Å². The Morgan fingerprint density at radius 3 is 2.92 bits per heavy atom. The van der Waals surface area contributed by atoms with Crippen molar-refractivity contribution < 1.29 is 9.13 Å². The molecule has 1 aromatic carbocycles. The van der Waals surface area contributed by atoms with Crippen molar-refractivity contribution in [2.45, 2.75) is 13.0 Å². The zero-order valence-corrected chi connectivity index (χ0v) is 8.51. The Kier molecular flexibility index (Phi) is 3.26. The SMILES string of the molecule is CC(C#N)Oc1cc(F)ccc1Br. The van der Waals surface area contributed by atoms with Gasteiger partial charge in [-0.2, -0.15) is 5.26 Å². The van der Waals surface area contributed by atoms with Gasteiger partial charge in [0.15, 0.2) is 6.10 Å². The van der Waals surface area contributed by atoms with Crippen LogP contribution in [0, 0.1) is 17.1 Å². The molecule has 4 heteroatoms. The van der Waals surface area contributed by atoms with Crippen LogP contribution in [0.2, 0.25) is 0 Å². The first-order chi connectivity index (χ1) is 6.13. The lowest BCUT2D eigenvalue weighted by atomic mass is 10.3. The highest BCUT2D eigenvalue weighted by Gasteiger charge is 2.06. The van der Waals surface area contributed by atoms with Gasteiger partial charge in [-0.1, -0.05) is 0 Å². The molecule has 0 fully saturated rings. The molecule has 1 unspecified atom stereocenters. The molecule has 68 valence electrons. The number of halogens is 2. The lowest BCUT2D eigenvalue weighted by Crippen LogP contribution is -2.08. The molecule has 0 aliphatic rings. The molecular formula is C9H7BrFNO. The summed E-state index contributed by atoms with van der Waals surface area (Å²) in [6.45, 7) is 1.59. The van der Waals surface area contributed by atoms with Crippen LogP contribution in [0.1, 0.15) is 6.92 Å². The zero-order valence-electron chi connectivity index (χ0n) is 6.92. The van der Waals surface area contributed by atoms with E-state index in [1.165, 1.54) is 18.2 Å². The van der Waals surface area contributed by atoms with Gasteiger partial charge in [-0.3, -0.25) is 0 Å². The van der Waals surface area contributed by atoms with E-state index in [1.807, 2.05) is 6.07 Å². The van der Waals surface area contributed by atoms with Gasteiger partial charge in [0, 0.05) is 6.07 Å². The molecule has 0 saturated carbocycles. The summed E-state index contributed by atoms with van der Waals surface area (Å²) in [7, 11) is 0. The van der Waals surface area contributed by atoms with E-state index in [-0.39, 0.29) is 5.82 Å². The minimum atomic E-state index is -0.585. The molecule has 0 spiro atoms. The van der Waals surface area contributed by atoms with Gasteiger partial charge in [0.05, 0.1) is 4.47 Å². The Hall–Kier alpha value is -1.08. The number of ether oxygens (including phenoxy) is 1. The average molecular weight is 244 g/mol. The summed E-state index contributed by atoms with van der Waals surface area (Å²) in [6, 6.07) is 5.98. The van der Waals surface area contributed by atoms with Crippen molar-refractivity contribution in [2.24, 2.45) is 0 Å². The molecular weight excluding hydrogens is 237 g/mol. The lowest BCUT2D eigenvalue weighted by Gasteiger charge is -2.08. The van der Waals surface area contributed by atoms with Crippen molar-refractivity contribution >= 4 is 15.9 Å². The molecule has 1 atom stereocenters. The van der Waals surface area contributed by atoms with Crippen LogP contribution in [0.25, 0.3) is 0 Å². The normalized spacial score (nSPS) is 11.8. The minimum absolute atomic E-state index is 0.342. The monoisotopic (exact) mass is 243 g/mol. The topological polar surface area (TPSA) is 33.0 Å². The summed E-state index contributed by atoms with van der Waals surface area (Å²) in [5.41, 5.74) is 0. The van der Waals surface area contributed by atoms with Gasteiger partial charge in [-0.25, -0.2) is 4.39 Å². The van der Waals surface area contributed by atoms with Crippen LogP contribution in [-0.4, -0.2) is 6.10 Å². The largest absolute Gasteiger partial charge is 0.475 e. The van der Waals surface area contributed by atoms with E-state index in [1.54, 1.807) is 6.92 Å². The average Bonchev–Trinajstić information content (AvgIpc) is 2.11. The van der Waals surface area contributed by atoms with E-state index in [2.05, 4.69) is 15.9 Å². The summed E-state index contributed by atoms with van der Waals surface area (Å²) in [5, 5.41) is 8.47. The van der Waals surface area contributed by atoms with E-state index in [9.17, 15) is 4.39 Å². The van der Waals surface area contributed by atoms with Gasteiger partial charge in [0.2, 0.25) is 0 Å². The molecule has 1 rings (SSSR count). The van der Waals surface area contributed by atoms with Crippen molar-refractivity contribution in [3.8, 4) is 11.8 Å². The molecule has 0 saturated heterocycles. The Balaban J connectivity index is 2.88. The van der Waals surface area contributed by atoms with Gasteiger partial charge >= 0.3 is 0 Å². The number of hydrogen-bond donors (Lipinski definition) is 0. The fraction of sp³-hybridized carbons (Fsp3) is 0.222. The molecule has 0 aromatic heterocycles. The van der Waals surface area contributed by atoms with Crippen LogP contribution in [0.3, 0.4) is 0 Å². The molecule has 2 nitrogen and oxygen atoms in total. The maximum atomic E-state index is 12.7. The van der Waals surface area contributed by atoms with Gasteiger partial charge in [-0.15, -0.1) is 0 Å². The van der Waals surface area contributed by atoms with Crippen molar-refractivity contribution in [2.75, 3.05) is 0 Å². The second kappa shape index (κ2) is 4.24. The highest BCUT2D eigenvalue weighted by molar-refractivity contribution is 9.10. The maximum absolute atomic E-state index is 12.7. The Morgan fingerprint density at radius 1 is 1.62 bits per heavy atom. The molecule has 13 heavy (non-hydrogen) atoms. The van der Waals surface area contributed by atoms with Crippen molar-refractivity contribution in [3.05, 3.63) is 28.5 Å². The molecule has 0 radical (unpaired) electrons. The van der Waals surface area contributed by atoms with Gasteiger partial charge in [0.1, 0.15) is 17.6 Å². The lowest BCUT2D eigenvalue weighted by molar-refractivity contribution is 0.273. The third kappa shape index (κ3) is 2.71. The Bertz CT molecular complexity index is 348. The van der Waals surface area contributed by atoms with Crippen LogP contribution >= 0.6 is 15.9 Å². The van der Waals surface area contributed by atoms with E-state index < -0.39 is 6.10 Å². The summed E-state index contributed by atoms with van der Waals surface area (Å²) < 4.78 is 18.5. The number of hydrogen-bond acceptors (Lipinski definition) is 2. The minimum Gasteiger partial charge on any atom is -0.475 e. The summed E-state index contributed by atoms with van der Waals surface area (Å²) in [5.74, 6) is -0.0441. The van der Waals surface area contributed by atoms with Gasteiger partial charge < -0.3 is 4.74 Å². The fourth-order valence-corrected chi connectivity index (χ4v) is 1.12. The summed E-state index contributed by atoms with van der Waals surface area (Å²) in [6.07, 6.45) is -0.585. The standard InChI is InChI=1S/C9H7BrFNO/c1-6(5-12)13-9-4-7(11)2-3-8(9)10/h2-4,6H,1H3. The van der Waals surface area contributed by atoms with Crippen molar-refractivity contribution in [1.82, 2.24) is 0 Å². The maximum Gasteiger partial charge on any atom is 0.181 e. The molecule has 1 aromatic rings. The predicted octanol–water partition coefficient (Wildman–Crippen LogP) is 2.88. The van der Waals surface area contributed by atoms with E-state index in [0.717, 1.165) is 0 Å². The molecule has 0 heterocycles. The van der Waals surface area contributed by atoms with Crippen molar-refractivity contribution in [1.29, 1.82) is 5.26 Å². The van der Waals surface area contributed by atoms with Crippen LogP contribution in [0.15, 0.2) is 22.7 Å². The number of benzene rings is 1. The first kappa shape index (κ1) is 10.0. The van der Waals surface area contributed by atoms with Crippen LogP contribution in [0.4, 0.5) is 4.39 Å². The van der Waals surface area contributed by atoms with E-state index >= 15 is 0 Å². The van der Waals surface area contributed by atoms with Crippen LogP contribution < -0.4 is 4.74 Å². The van der Waals surface area contributed by atoms with Gasteiger partial charge in [0.25, 0.3) is 0 Å². The Labute approximate surface area is 84.1 Å².